The number of aromatic amines is 1. The summed E-state index contributed by atoms with van der Waals surface area (Å²) in [4.78, 5) is 15.6. The van der Waals surface area contributed by atoms with Crippen molar-refractivity contribution < 1.29 is 4.74 Å². The van der Waals surface area contributed by atoms with Gasteiger partial charge in [0.1, 0.15) is 0 Å². The summed E-state index contributed by atoms with van der Waals surface area (Å²) in [5.41, 5.74) is 1.78. The third-order valence-corrected chi connectivity index (χ3v) is 3.77. The van der Waals surface area contributed by atoms with Gasteiger partial charge in [-0.3, -0.25) is 4.79 Å². The molecule has 0 spiro atoms. The van der Waals surface area contributed by atoms with Crippen molar-refractivity contribution in [1.29, 1.82) is 0 Å². The van der Waals surface area contributed by atoms with Crippen molar-refractivity contribution in [3.63, 3.8) is 0 Å². The molecular formula is C14H14ClNO2. The molecular weight excluding hydrogens is 250 g/mol. The quantitative estimate of drug-likeness (QED) is 0.859. The molecule has 0 bridgehead atoms. The molecule has 0 amide bonds. The number of hydrogen-bond acceptors (Lipinski definition) is 2. The van der Waals surface area contributed by atoms with Gasteiger partial charge in [0.2, 0.25) is 0 Å². The van der Waals surface area contributed by atoms with E-state index >= 15 is 0 Å². The molecule has 2 aromatic rings. The lowest BCUT2D eigenvalue weighted by Gasteiger charge is -2.21. The molecule has 0 unspecified atom stereocenters. The molecule has 1 aromatic carbocycles. The first-order chi connectivity index (χ1) is 8.75. The standard InChI is InChI=1S/C14H14ClNO2/c15-10-1-2-13-11(7-10)14(17)12(8-16-13)9-3-5-18-6-4-9/h1-2,7-9H,3-6H2,(H,16,17). The summed E-state index contributed by atoms with van der Waals surface area (Å²) in [5, 5.41) is 1.27. The fourth-order valence-electron chi connectivity index (χ4n) is 2.52. The second-order valence-corrected chi connectivity index (χ2v) is 5.09. The first-order valence-electron chi connectivity index (χ1n) is 6.14. The highest BCUT2D eigenvalue weighted by molar-refractivity contribution is 6.31. The average molecular weight is 264 g/mol. The summed E-state index contributed by atoms with van der Waals surface area (Å²) in [6.07, 6.45) is 3.67. The number of H-pyrrole nitrogens is 1. The van der Waals surface area contributed by atoms with E-state index in [1.807, 2.05) is 12.3 Å². The van der Waals surface area contributed by atoms with E-state index < -0.39 is 0 Å². The van der Waals surface area contributed by atoms with E-state index in [0.29, 0.717) is 16.3 Å². The minimum Gasteiger partial charge on any atom is -0.381 e. The van der Waals surface area contributed by atoms with Crippen LogP contribution in [0, 0.1) is 0 Å². The Morgan fingerprint density at radius 3 is 2.83 bits per heavy atom. The number of pyridine rings is 1. The van der Waals surface area contributed by atoms with Gasteiger partial charge in [0.15, 0.2) is 5.43 Å². The van der Waals surface area contributed by atoms with Crippen LogP contribution in [0.4, 0.5) is 0 Å². The molecule has 18 heavy (non-hydrogen) atoms. The van der Waals surface area contributed by atoms with E-state index in [1.54, 1.807) is 12.1 Å². The van der Waals surface area contributed by atoms with Gasteiger partial charge in [-0.2, -0.15) is 0 Å². The number of hydrogen-bond donors (Lipinski definition) is 1. The van der Waals surface area contributed by atoms with E-state index in [1.165, 1.54) is 0 Å². The number of rotatable bonds is 1. The molecule has 0 aliphatic carbocycles. The summed E-state index contributed by atoms with van der Waals surface area (Å²) < 4.78 is 5.33. The molecule has 0 saturated carbocycles. The largest absolute Gasteiger partial charge is 0.381 e. The molecule has 1 fully saturated rings. The molecule has 2 heterocycles. The molecule has 0 radical (unpaired) electrons. The van der Waals surface area contributed by atoms with Crippen LogP contribution in [0.25, 0.3) is 10.9 Å². The van der Waals surface area contributed by atoms with Gasteiger partial charge < -0.3 is 9.72 Å². The van der Waals surface area contributed by atoms with Crippen LogP contribution in [0.15, 0.2) is 29.2 Å². The van der Waals surface area contributed by atoms with Gasteiger partial charge in [-0.1, -0.05) is 11.6 Å². The summed E-state index contributed by atoms with van der Waals surface area (Å²) in [6.45, 7) is 1.47. The number of ether oxygens (including phenoxy) is 1. The van der Waals surface area contributed by atoms with E-state index in [4.69, 9.17) is 16.3 Å². The van der Waals surface area contributed by atoms with Crippen molar-refractivity contribution in [2.45, 2.75) is 18.8 Å². The summed E-state index contributed by atoms with van der Waals surface area (Å²) in [6, 6.07) is 5.36. The number of halogens is 1. The molecule has 3 nitrogen and oxygen atoms in total. The Hall–Kier alpha value is -1.32. The van der Waals surface area contributed by atoms with Crippen molar-refractivity contribution in [2.75, 3.05) is 13.2 Å². The summed E-state index contributed by atoms with van der Waals surface area (Å²) in [5.74, 6) is 0.297. The highest BCUT2D eigenvalue weighted by Gasteiger charge is 2.19. The highest BCUT2D eigenvalue weighted by atomic mass is 35.5. The zero-order valence-corrected chi connectivity index (χ0v) is 10.7. The predicted octanol–water partition coefficient (Wildman–Crippen LogP) is 3.08. The smallest absolute Gasteiger partial charge is 0.192 e. The number of nitrogens with one attached hydrogen (secondary N) is 1. The lowest BCUT2D eigenvalue weighted by atomic mass is 9.92. The van der Waals surface area contributed by atoms with Crippen LogP contribution < -0.4 is 5.43 Å². The molecule has 94 valence electrons. The molecule has 1 aliphatic heterocycles. The molecule has 1 N–H and O–H groups in total. The Balaban J connectivity index is 2.13. The monoisotopic (exact) mass is 263 g/mol. The van der Waals surface area contributed by atoms with Gasteiger partial charge in [-0.25, -0.2) is 0 Å². The van der Waals surface area contributed by atoms with Crippen LogP contribution in [0.5, 0.6) is 0 Å². The second kappa shape index (κ2) is 4.75. The van der Waals surface area contributed by atoms with E-state index in [-0.39, 0.29) is 5.43 Å². The van der Waals surface area contributed by atoms with Gasteiger partial charge in [0.05, 0.1) is 0 Å². The van der Waals surface area contributed by atoms with Crippen LogP contribution in [-0.4, -0.2) is 18.2 Å². The predicted molar refractivity (Wildman–Crippen MR) is 72.4 cm³/mol. The maximum absolute atomic E-state index is 12.5. The topological polar surface area (TPSA) is 42.1 Å². The first-order valence-corrected chi connectivity index (χ1v) is 6.52. The third kappa shape index (κ3) is 2.04. The van der Waals surface area contributed by atoms with Crippen molar-refractivity contribution in [3.05, 3.63) is 45.2 Å². The van der Waals surface area contributed by atoms with Gasteiger partial charge >= 0.3 is 0 Å². The fourth-order valence-corrected chi connectivity index (χ4v) is 2.69. The zero-order valence-electron chi connectivity index (χ0n) is 9.91. The van der Waals surface area contributed by atoms with E-state index in [9.17, 15) is 4.79 Å². The average Bonchev–Trinajstić information content (AvgIpc) is 2.41. The van der Waals surface area contributed by atoms with E-state index in [0.717, 1.165) is 37.1 Å². The lowest BCUT2D eigenvalue weighted by Crippen LogP contribution is -2.20. The molecule has 4 heteroatoms. The Labute approximate surface area is 110 Å². The Kier molecular flexibility index (Phi) is 3.10. The first kappa shape index (κ1) is 11.8. The SMILES string of the molecule is O=c1c(C2CCOCC2)c[nH]c2ccc(Cl)cc12. The maximum atomic E-state index is 12.5. The van der Waals surface area contributed by atoms with Crippen LogP contribution in [0.1, 0.15) is 24.3 Å². The van der Waals surface area contributed by atoms with Crippen molar-refractivity contribution in [2.24, 2.45) is 0 Å². The van der Waals surface area contributed by atoms with Crippen molar-refractivity contribution >= 4 is 22.5 Å². The minimum atomic E-state index is 0.0955. The molecule has 3 rings (SSSR count). The second-order valence-electron chi connectivity index (χ2n) is 4.65. The van der Waals surface area contributed by atoms with Gasteiger partial charge in [0.25, 0.3) is 0 Å². The molecule has 0 atom stereocenters. The zero-order chi connectivity index (χ0) is 12.5. The normalized spacial score (nSPS) is 17.2. The van der Waals surface area contributed by atoms with Crippen LogP contribution in [0.2, 0.25) is 5.02 Å². The summed E-state index contributed by atoms with van der Waals surface area (Å²) >= 11 is 5.96. The minimum absolute atomic E-state index is 0.0955. The molecule has 1 aromatic heterocycles. The van der Waals surface area contributed by atoms with Gasteiger partial charge in [-0.15, -0.1) is 0 Å². The number of fused-ring (bicyclic) bond motifs is 1. The van der Waals surface area contributed by atoms with Gasteiger partial charge in [-0.05, 0) is 37.0 Å². The number of aromatic nitrogens is 1. The Morgan fingerprint density at radius 1 is 1.28 bits per heavy atom. The third-order valence-electron chi connectivity index (χ3n) is 3.53. The molecule has 1 saturated heterocycles. The van der Waals surface area contributed by atoms with Crippen LogP contribution in [-0.2, 0) is 4.74 Å². The van der Waals surface area contributed by atoms with Crippen molar-refractivity contribution in [1.82, 2.24) is 4.98 Å². The summed E-state index contributed by atoms with van der Waals surface area (Å²) in [7, 11) is 0. The van der Waals surface area contributed by atoms with E-state index in [2.05, 4.69) is 4.98 Å². The van der Waals surface area contributed by atoms with Crippen molar-refractivity contribution in [3.8, 4) is 0 Å². The van der Waals surface area contributed by atoms with Gasteiger partial charge in [0, 0.05) is 40.9 Å². The van der Waals surface area contributed by atoms with Crippen LogP contribution in [0.3, 0.4) is 0 Å². The maximum Gasteiger partial charge on any atom is 0.192 e. The molecule has 1 aliphatic rings. The fraction of sp³-hybridized carbons (Fsp3) is 0.357. The Bertz CT molecular complexity index is 629. The Morgan fingerprint density at radius 2 is 2.06 bits per heavy atom. The van der Waals surface area contributed by atoms with Crippen LogP contribution >= 0.6 is 11.6 Å². The lowest BCUT2D eigenvalue weighted by molar-refractivity contribution is 0.0851. The number of benzene rings is 1. The highest BCUT2D eigenvalue weighted by Crippen LogP contribution is 2.25.